The molecule has 0 aromatic heterocycles. The molecule has 0 spiro atoms. The molecule has 8 heteroatoms. The SMILES string of the molecule is Oc1c(F)c(F)c2c(F)c(F)c(F)c(F)c2c1O. The molecule has 0 heterocycles. The van der Waals surface area contributed by atoms with Gasteiger partial charge in [-0.3, -0.25) is 0 Å². The van der Waals surface area contributed by atoms with Crippen molar-refractivity contribution in [2.75, 3.05) is 0 Å². The molecule has 2 aromatic rings. The van der Waals surface area contributed by atoms with E-state index in [9.17, 15) is 26.3 Å². The van der Waals surface area contributed by atoms with E-state index in [1.54, 1.807) is 0 Å². The van der Waals surface area contributed by atoms with Crippen molar-refractivity contribution in [3.8, 4) is 11.5 Å². The van der Waals surface area contributed by atoms with E-state index >= 15 is 0 Å². The first-order valence-corrected chi connectivity index (χ1v) is 4.33. The van der Waals surface area contributed by atoms with Crippen molar-refractivity contribution in [3.63, 3.8) is 0 Å². The van der Waals surface area contributed by atoms with Gasteiger partial charge in [-0.2, -0.15) is 4.39 Å². The van der Waals surface area contributed by atoms with Crippen LogP contribution in [0.2, 0.25) is 0 Å². The lowest BCUT2D eigenvalue weighted by Gasteiger charge is -2.09. The summed E-state index contributed by atoms with van der Waals surface area (Å²) in [6.07, 6.45) is 0. The molecule has 0 fully saturated rings. The molecule has 0 bridgehead atoms. The van der Waals surface area contributed by atoms with Crippen molar-refractivity contribution in [2.24, 2.45) is 0 Å². The van der Waals surface area contributed by atoms with Gasteiger partial charge in [0.05, 0.1) is 10.8 Å². The summed E-state index contributed by atoms with van der Waals surface area (Å²) in [5.41, 5.74) is 0. The number of phenols is 2. The molecule has 0 radical (unpaired) electrons. The van der Waals surface area contributed by atoms with E-state index in [2.05, 4.69) is 0 Å². The van der Waals surface area contributed by atoms with Crippen molar-refractivity contribution >= 4 is 10.8 Å². The van der Waals surface area contributed by atoms with Crippen LogP contribution in [0.3, 0.4) is 0 Å². The van der Waals surface area contributed by atoms with Crippen molar-refractivity contribution in [3.05, 3.63) is 34.9 Å². The average molecular weight is 268 g/mol. The Labute approximate surface area is 94.7 Å². The molecular weight excluding hydrogens is 266 g/mol. The minimum absolute atomic E-state index is 1.48. The van der Waals surface area contributed by atoms with E-state index in [0.29, 0.717) is 0 Å². The highest BCUT2D eigenvalue weighted by molar-refractivity contribution is 5.92. The molecule has 0 aliphatic rings. The van der Waals surface area contributed by atoms with Gasteiger partial charge in [-0.15, -0.1) is 0 Å². The molecule has 0 amide bonds. The van der Waals surface area contributed by atoms with E-state index in [4.69, 9.17) is 10.2 Å². The van der Waals surface area contributed by atoms with Crippen LogP contribution in [0, 0.1) is 34.9 Å². The Morgan fingerprint density at radius 2 is 0.833 bits per heavy atom. The molecule has 96 valence electrons. The molecule has 18 heavy (non-hydrogen) atoms. The highest BCUT2D eigenvalue weighted by atomic mass is 19.2. The lowest BCUT2D eigenvalue weighted by molar-refractivity contribution is 0.364. The maximum absolute atomic E-state index is 13.2. The molecule has 0 unspecified atom stereocenters. The molecule has 0 atom stereocenters. The third kappa shape index (κ3) is 1.31. The lowest BCUT2D eigenvalue weighted by Crippen LogP contribution is -2.02. The van der Waals surface area contributed by atoms with E-state index in [-0.39, 0.29) is 0 Å². The zero-order valence-electron chi connectivity index (χ0n) is 8.16. The normalized spacial score (nSPS) is 11.2. The van der Waals surface area contributed by atoms with Crippen molar-refractivity contribution < 1.29 is 36.6 Å². The van der Waals surface area contributed by atoms with Crippen LogP contribution >= 0.6 is 0 Å². The quantitative estimate of drug-likeness (QED) is 0.333. The first-order chi connectivity index (χ1) is 8.29. The van der Waals surface area contributed by atoms with Crippen LogP contribution < -0.4 is 0 Å². The standard InChI is InChI=1S/C10H2F6O2/c11-3-1-2(5(13)7(15)6(3)14)9(17)10(18)8(16)4(1)12/h17-18H. The number of benzene rings is 2. The molecule has 2 nitrogen and oxygen atoms in total. The molecule has 0 saturated heterocycles. The third-order valence-corrected chi connectivity index (χ3v) is 2.35. The molecule has 0 saturated carbocycles. The Morgan fingerprint density at radius 3 is 1.33 bits per heavy atom. The van der Waals surface area contributed by atoms with Gasteiger partial charge in [0.25, 0.3) is 0 Å². The number of halogens is 6. The number of aromatic hydroxyl groups is 2. The number of hydrogen-bond acceptors (Lipinski definition) is 2. The molecule has 0 aliphatic heterocycles. The maximum atomic E-state index is 13.2. The van der Waals surface area contributed by atoms with E-state index in [1.165, 1.54) is 0 Å². The summed E-state index contributed by atoms with van der Waals surface area (Å²) in [6, 6.07) is 0. The molecular formula is C10H2F6O2. The van der Waals surface area contributed by atoms with Gasteiger partial charge in [0.2, 0.25) is 5.82 Å². The van der Waals surface area contributed by atoms with E-state index < -0.39 is 57.2 Å². The second kappa shape index (κ2) is 3.69. The molecule has 2 rings (SSSR count). The summed E-state index contributed by atoms with van der Waals surface area (Å²) in [4.78, 5) is 0. The maximum Gasteiger partial charge on any atom is 0.205 e. The first-order valence-electron chi connectivity index (χ1n) is 4.33. The summed E-state index contributed by atoms with van der Waals surface area (Å²) >= 11 is 0. The van der Waals surface area contributed by atoms with Crippen LogP contribution in [-0.2, 0) is 0 Å². The lowest BCUT2D eigenvalue weighted by atomic mass is 10.1. The minimum Gasteiger partial charge on any atom is -0.504 e. The zero-order valence-corrected chi connectivity index (χ0v) is 8.16. The van der Waals surface area contributed by atoms with Gasteiger partial charge in [0, 0.05) is 0 Å². The topological polar surface area (TPSA) is 40.5 Å². The summed E-state index contributed by atoms with van der Waals surface area (Å²) in [7, 11) is 0. The minimum atomic E-state index is -2.36. The number of phenolic OH excluding ortho intramolecular Hbond substituents is 2. The second-order valence-electron chi connectivity index (χ2n) is 3.33. The van der Waals surface area contributed by atoms with Gasteiger partial charge in [-0.25, -0.2) is 22.0 Å². The smallest absolute Gasteiger partial charge is 0.205 e. The average Bonchev–Trinajstić information content (AvgIpc) is 2.35. The summed E-state index contributed by atoms with van der Waals surface area (Å²) < 4.78 is 78.4. The Morgan fingerprint density at radius 1 is 0.444 bits per heavy atom. The fraction of sp³-hybridized carbons (Fsp3) is 0. The van der Waals surface area contributed by atoms with E-state index in [0.717, 1.165) is 0 Å². The number of hydrogen-bond donors (Lipinski definition) is 2. The van der Waals surface area contributed by atoms with Crippen LogP contribution in [0.25, 0.3) is 10.8 Å². The molecule has 0 aliphatic carbocycles. The Bertz CT molecular complexity index is 569. The summed E-state index contributed by atoms with van der Waals surface area (Å²) in [5.74, 6) is -16.6. The summed E-state index contributed by atoms with van der Waals surface area (Å²) in [6.45, 7) is 0. The van der Waals surface area contributed by atoms with Crippen LogP contribution in [0.15, 0.2) is 0 Å². The van der Waals surface area contributed by atoms with Gasteiger partial charge in [-0.1, -0.05) is 0 Å². The monoisotopic (exact) mass is 268 g/mol. The molecule has 2 N–H and O–H groups in total. The Kier molecular flexibility index (Phi) is 2.53. The van der Waals surface area contributed by atoms with Crippen LogP contribution in [-0.4, -0.2) is 10.2 Å². The highest BCUT2D eigenvalue weighted by Crippen LogP contribution is 2.42. The van der Waals surface area contributed by atoms with Crippen LogP contribution in [0.4, 0.5) is 26.3 Å². The third-order valence-electron chi connectivity index (χ3n) is 2.35. The number of rotatable bonds is 0. The molecule has 2 aromatic carbocycles. The van der Waals surface area contributed by atoms with Crippen LogP contribution in [0.5, 0.6) is 11.5 Å². The second-order valence-corrected chi connectivity index (χ2v) is 3.33. The fourth-order valence-corrected chi connectivity index (χ4v) is 1.50. The van der Waals surface area contributed by atoms with Gasteiger partial charge >= 0.3 is 0 Å². The zero-order chi connectivity index (χ0) is 13.8. The fourth-order valence-electron chi connectivity index (χ4n) is 1.50. The van der Waals surface area contributed by atoms with E-state index in [1.807, 2.05) is 0 Å². The first kappa shape index (κ1) is 12.3. The Hall–Kier alpha value is -2.12. The van der Waals surface area contributed by atoms with Crippen LogP contribution in [0.1, 0.15) is 0 Å². The Balaban J connectivity index is 3.22. The van der Waals surface area contributed by atoms with Gasteiger partial charge in [-0.05, 0) is 0 Å². The predicted molar refractivity (Wildman–Crippen MR) is 47.0 cm³/mol. The van der Waals surface area contributed by atoms with Crippen molar-refractivity contribution in [1.29, 1.82) is 0 Å². The van der Waals surface area contributed by atoms with Gasteiger partial charge in [0.1, 0.15) is 0 Å². The predicted octanol–water partition coefficient (Wildman–Crippen LogP) is 3.09. The van der Waals surface area contributed by atoms with Crippen molar-refractivity contribution in [2.45, 2.75) is 0 Å². The van der Waals surface area contributed by atoms with Gasteiger partial charge in [0.15, 0.2) is 40.6 Å². The summed E-state index contributed by atoms with van der Waals surface area (Å²) in [5, 5.41) is 14.9. The van der Waals surface area contributed by atoms with Crippen molar-refractivity contribution in [1.82, 2.24) is 0 Å². The van der Waals surface area contributed by atoms with Gasteiger partial charge < -0.3 is 10.2 Å². The number of fused-ring (bicyclic) bond motifs is 1. The highest BCUT2D eigenvalue weighted by Gasteiger charge is 2.29. The largest absolute Gasteiger partial charge is 0.504 e.